The first-order valence-electron chi connectivity index (χ1n) is 9.82. The molecule has 0 saturated heterocycles. The molecule has 3 atom stereocenters. The number of carbonyl (C=O) groups excluding carboxylic acids is 1. The van der Waals surface area contributed by atoms with Gasteiger partial charge in [0.25, 0.3) is 0 Å². The van der Waals surface area contributed by atoms with Crippen LogP contribution in [-0.2, 0) is 16.1 Å². The van der Waals surface area contributed by atoms with Crippen LogP contribution in [0.25, 0.3) is 0 Å². The number of amides is 1. The van der Waals surface area contributed by atoms with Crippen LogP contribution in [0.15, 0.2) is 36.5 Å². The lowest BCUT2D eigenvalue weighted by molar-refractivity contribution is -0.120. The van der Waals surface area contributed by atoms with E-state index in [1.54, 1.807) is 18.1 Å². The molecule has 1 fully saturated rings. The Kier molecular flexibility index (Phi) is 5.51. The van der Waals surface area contributed by atoms with Gasteiger partial charge in [0.15, 0.2) is 5.82 Å². The normalized spacial score (nSPS) is 24.5. The molecule has 2 aliphatic rings. The minimum atomic E-state index is -0.235. The lowest BCUT2D eigenvalue weighted by Crippen LogP contribution is -2.55. The summed E-state index contributed by atoms with van der Waals surface area (Å²) in [5.41, 5.74) is 1.89. The van der Waals surface area contributed by atoms with E-state index in [0.717, 1.165) is 31.5 Å². The van der Waals surface area contributed by atoms with Crippen molar-refractivity contribution in [3.8, 4) is 0 Å². The van der Waals surface area contributed by atoms with Crippen LogP contribution in [0.3, 0.4) is 0 Å². The molecule has 0 spiro atoms. The van der Waals surface area contributed by atoms with Crippen molar-refractivity contribution in [2.45, 2.75) is 57.4 Å². The number of aromatic nitrogens is 2. The molecule has 4 rings (SSSR count). The Labute approximate surface area is 170 Å². The Morgan fingerprint density at radius 1 is 1.25 bits per heavy atom. The second-order valence-corrected chi connectivity index (χ2v) is 7.80. The van der Waals surface area contributed by atoms with Crippen molar-refractivity contribution in [2.24, 2.45) is 0 Å². The molecule has 1 aromatic heterocycles. The maximum absolute atomic E-state index is 12.9. The highest BCUT2D eigenvalue weighted by Gasteiger charge is 2.42. The van der Waals surface area contributed by atoms with Gasteiger partial charge in [-0.15, -0.1) is 0 Å². The van der Waals surface area contributed by atoms with Gasteiger partial charge in [-0.2, -0.15) is 4.98 Å². The van der Waals surface area contributed by atoms with Crippen LogP contribution in [0.2, 0.25) is 5.28 Å². The van der Waals surface area contributed by atoms with Crippen molar-refractivity contribution < 1.29 is 9.53 Å². The molecule has 1 aliphatic heterocycles. The number of carbonyl (C=O) groups is 1. The predicted molar refractivity (Wildman–Crippen MR) is 110 cm³/mol. The fourth-order valence-corrected chi connectivity index (χ4v) is 4.42. The summed E-state index contributed by atoms with van der Waals surface area (Å²) < 4.78 is 6.16. The molecule has 6 nitrogen and oxygen atoms in total. The third-order valence-electron chi connectivity index (χ3n) is 5.74. The molecular formula is C21H25ClN4O2. The number of hydrogen-bond acceptors (Lipinski definition) is 5. The van der Waals surface area contributed by atoms with Crippen molar-refractivity contribution in [1.82, 2.24) is 9.97 Å². The first kappa shape index (κ1) is 19.2. The zero-order valence-electron chi connectivity index (χ0n) is 16.2. The number of rotatable bonds is 5. The summed E-state index contributed by atoms with van der Waals surface area (Å²) in [4.78, 5) is 25.3. The highest BCUT2D eigenvalue weighted by atomic mass is 35.5. The molecule has 2 aromatic rings. The number of anilines is 2. The maximum Gasteiger partial charge on any atom is 0.249 e. The van der Waals surface area contributed by atoms with Crippen LogP contribution in [0.4, 0.5) is 11.5 Å². The summed E-state index contributed by atoms with van der Waals surface area (Å²) in [7, 11) is 1.78. The average molecular weight is 401 g/mol. The van der Waals surface area contributed by atoms with Gasteiger partial charge in [0, 0.05) is 13.1 Å². The molecule has 1 aliphatic carbocycles. The highest BCUT2D eigenvalue weighted by molar-refractivity contribution is 6.28. The van der Waals surface area contributed by atoms with Crippen molar-refractivity contribution in [1.29, 1.82) is 0 Å². The van der Waals surface area contributed by atoms with E-state index in [1.165, 1.54) is 5.56 Å². The molecule has 0 N–H and O–H groups in total. The van der Waals surface area contributed by atoms with Gasteiger partial charge in [-0.3, -0.25) is 4.79 Å². The number of halogens is 1. The largest absolute Gasteiger partial charge is 0.373 e. The van der Waals surface area contributed by atoms with Crippen molar-refractivity contribution in [3.63, 3.8) is 0 Å². The highest BCUT2D eigenvalue weighted by Crippen LogP contribution is 2.40. The van der Waals surface area contributed by atoms with Crippen LogP contribution in [0, 0.1) is 0 Å². The molecule has 1 amide bonds. The molecule has 148 valence electrons. The first-order valence-corrected chi connectivity index (χ1v) is 10.2. The quantitative estimate of drug-likeness (QED) is 0.714. The summed E-state index contributed by atoms with van der Waals surface area (Å²) in [6.45, 7) is 2.65. The lowest BCUT2D eigenvalue weighted by atomic mass is 10.0. The van der Waals surface area contributed by atoms with Gasteiger partial charge in [0.05, 0.1) is 18.9 Å². The molecular weight excluding hydrogens is 376 g/mol. The monoisotopic (exact) mass is 400 g/mol. The van der Waals surface area contributed by atoms with Crippen molar-refractivity contribution in [2.75, 3.05) is 16.8 Å². The molecule has 1 saturated carbocycles. The molecule has 28 heavy (non-hydrogen) atoms. The predicted octanol–water partition coefficient (Wildman–Crippen LogP) is 3.83. The SMILES string of the molecule is CC[C@@H]1C(=O)N(C)c2cnc(Cl)nc2N1C1CCC(OCc2ccccc2)C1. The van der Waals surface area contributed by atoms with Crippen molar-refractivity contribution in [3.05, 3.63) is 47.4 Å². The van der Waals surface area contributed by atoms with Gasteiger partial charge in [-0.1, -0.05) is 37.3 Å². The summed E-state index contributed by atoms with van der Waals surface area (Å²) in [5, 5.41) is 0.205. The van der Waals surface area contributed by atoms with E-state index in [2.05, 4.69) is 27.0 Å². The summed E-state index contributed by atoms with van der Waals surface area (Å²) in [5.74, 6) is 0.831. The number of ether oxygens (including phenoxy) is 1. The Bertz CT molecular complexity index is 848. The van der Waals surface area contributed by atoms with E-state index in [4.69, 9.17) is 16.3 Å². The Balaban J connectivity index is 1.53. The van der Waals surface area contributed by atoms with E-state index in [1.807, 2.05) is 25.1 Å². The summed E-state index contributed by atoms with van der Waals surface area (Å²) >= 11 is 6.09. The van der Waals surface area contributed by atoms with Gasteiger partial charge >= 0.3 is 0 Å². The second-order valence-electron chi connectivity index (χ2n) is 7.46. The number of nitrogens with zero attached hydrogens (tertiary/aromatic N) is 4. The molecule has 2 unspecified atom stereocenters. The fraction of sp³-hybridized carbons (Fsp3) is 0.476. The standard InChI is InChI=1S/C21H25ClN4O2/c1-3-17-20(27)25(2)18-12-23-21(22)24-19(18)26(17)15-9-10-16(11-15)28-13-14-7-5-4-6-8-14/h4-8,12,15-17H,3,9-11,13H2,1-2H3/t15?,16?,17-/m1/s1. The molecule has 2 heterocycles. The number of hydrogen-bond donors (Lipinski definition) is 0. The third kappa shape index (κ3) is 3.59. The van der Waals surface area contributed by atoms with Gasteiger partial charge in [-0.25, -0.2) is 4.98 Å². The topological polar surface area (TPSA) is 58.6 Å². The number of benzene rings is 1. The average Bonchev–Trinajstić information content (AvgIpc) is 3.18. The minimum Gasteiger partial charge on any atom is -0.373 e. The Hall–Kier alpha value is -2.18. The zero-order valence-corrected chi connectivity index (χ0v) is 17.0. The Morgan fingerprint density at radius 2 is 2.04 bits per heavy atom. The Morgan fingerprint density at radius 3 is 2.79 bits per heavy atom. The van der Waals surface area contributed by atoms with Gasteiger partial charge < -0.3 is 14.5 Å². The molecule has 0 bridgehead atoms. The van der Waals surface area contributed by atoms with E-state index >= 15 is 0 Å². The molecule has 7 heteroatoms. The van der Waals surface area contributed by atoms with E-state index in [9.17, 15) is 4.79 Å². The number of fused-ring (bicyclic) bond motifs is 1. The van der Waals surface area contributed by atoms with Crippen LogP contribution < -0.4 is 9.80 Å². The smallest absolute Gasteiger partial charge is 0.249 e. The van der Waals surface area contributed by atoms with Gasteiger partial charge in [0.1, 0.15) is 11.7 Å². The van der Waals surface area contributed by atoms with Crippen LogP contribution in [0.5, 0.6) is 0 Å². The van der Waals surface area contributed by atoms with Gasteiger partial charge in [-0.05, 0) is 42.8 Å². The van der Waals surface area contributed by atoms with E-state index in [-0.39, 0.29) is 29.4 Å². The van der Waals surface area contributed by atoms with Crippen LogP contribution >= 0.6 is 11.6 Å². The second kappa shape index (κ2) is 8.05. The summed E-state index contributed by atoms with van der Waals surface area (Å²) in [6, 6.07) is 10.2. The minimum absolute atomic E-state index is 0.0783. The fourth-order valence-electron chi connectivity index (χ4n) is 4.29. The van der Waals surface area contributed by atoms with E-state index in [0.29, 0.717) is 12.3 Å². The van der Waals surface area contributed by atoms with Crippen molar-refractivity contribution >= 4 is 29.0 Å². The van der Waals surface area contributed by atoms with Crippen LogP contribution in [-0.4, -0.2) is 41.1 Å². The summed E-state index contributed by atoms with van der Waals surface area (Å²) in [6.07, 6.45) is 5.35. The molecule has 1 aromatic carbocycles. The number of likely N-dealkylation sites (N-methyl/N-ethyl adjacent to an activating group) is 1. The maximum atomic E-state index is 12.9. The van der Waals surface area contributed by atoms with Gasteiger partial charge in [0.2, 0.25) is 11.2 Å². The molecule has 0 radical (unpaired) electrons. The zero-order chi connectivity index (χ0) is 19.7. The van der Waals surface area contributed by atoms with E-state index < -0.39 is 0 Å². The lowest BCUT2D eigenvalue weighted by Gasteiger charge is -2.43. The van der Waals surface area contributed by atoms with Crippen LogP contribution in [0.1, 0.15) is 38.2 Å². The third-order valence-corrected chi connectivity index (χ3v) is 5.93. The first-order chi connectivity index (χ1) is 13.6.